The smallest absolute Gasteiger partial charge is 0.273 e. The van der Waals surface area contributed by atoms with Crippen molar-refractivity contribution in [3.05, 3.63) is 53.5 Å². The lowest BCUT2D eigenvalue weighted by Crippen LogP contribution is -2.28. The number of ether oxygens (including phenoxy) is 1. The lowest BCUT2D eigenvalue weighted by molar-refractivity contribution is 0.0932. The van der Waals surface area contributed by atoms with Crippen molar-refractivity contribution in [1.29, 1.82) is 0 Å². The molecule has 2 aromatic rings. The van der Waals surface area contributed by atoms with Crippen LogP contribution in [0.4, 0.5) is 4.39 Å². The number of halogens is 1. The zero-order valence-electron chi connectivity index (χ0n) is 14.9. The summed E-state index contributed by atoms with van der Waals surface area (Å²) in [6.45, 7) is 2.65. The van der Waals surface area contributed by atoms with Crippen LogP contribution in [0.3, 0.4) is 0 Å². The third-order valence-electron chi connectivity index (χ3n) is 4.30. The molecule has 0 aliphatic heterocycles. The standard InChI is InChI=1S/C19H24FN3O3/c1-25-9-8-21-19(24)17-13-26-18(22-17)12-23(10-14-6-7-14)11-15-4-2-3-5-16(15)20/h2-5,13-14H,6-12H2,1H3,(H,21,24). The molecule has 1 heterocycles. The number of aromatic nitrogens is 1. The molecule has 0 spiro atoms. The van der Waals surface area contributed by atoms with Gasteiger partial charge in [-0.2, -0.15) is 0 Å². The number of nitrogens with one attached hydrogen (secondary N) is 1. The summed E-state index contributed by atoms with van der Waals surface area (Å²) in [7, 11) is 1.57. The van der Waals surface area contributed by atoms with E-state index in [4.69, 9.17) is 9.15 Å². The van der Waals surface area contributed by atoms with E-state index >= 15 is 0 Å². The molecule has 1 aliphatic carbocycles. The highest BCUT2D eigenvalue weighted by molar-refractivity contribution is 5.91. The monoisotopic (exact) mass is 361 g/mol. The number of hydrogen-bond acceptors (Lipinski definition) is 5. The largest absolute Gasteiger partial charge is 0.447 e. The quantitative estimate of drug-likeness (QED) is 0.659. The van der Waals surface area contributed by atoms with Gasteiger partial charge in [0.05, 0.1) is 13.2 Å². The molecule has 0 unspecified atom stereocenters. The highest BCUT2D eigenvalue weighted by Gasteiger charge is 2.26. The number of nitrogens with zero attached hydrogens (tertiary/aromatic N) is 2. The fourth-order valence-electron chi connectivity index (χ4n) is 2.75. The van der Waals surface area contributed by atoms with Crippen LogP contribution in [0.1, 0.15) is 34.8 Å². The topological polar surface area (TPSA) is 67.6 Å². The number of carbonyl (C=O) groups excluding carboxylic acids is 1. The average Bonchev–Trinajstić information content (AvgIpc) is 3.32. The van der Waals surface area contributed by atoms with Crippen LogP contribution in [0.25, 0.3) is 0 Å². The van der Waals surface area contributed by atoms with Gasteiger partial charge in [-0.15, -0.1) is 0 Å². The summed E-state index contributed by atoms with van der Waals surface area (Å²) in [6, 6.07) is 6.78. The van der Waals surface area contributed by atoms with Crippen molar-refractivity contribution < 1.29 is 18.3 Å². The Morgan fingerprint density at radius 1 is 1.38 bits per heavy atom. The number of carbonyl (C=O) groups is 1. The summed E-state index contributed by atoms with van der Waals surface area (Å²) in [5, 5.41) is 2.71. The van der Waals surface area contributed by atoms with Crippen LogP contribution in [0, 0.1) is 11.7 Å². The van der Waals surface area contributed by atoms with Crippen molar-refractivity contribution >= 4 is 5.91 Å². The summed E-state index contributed by atoms with van der Waals surface area (Å²) < 4.78 is 24.3. The third-order valence-corrected chi connectivity index (χ3v) is 4.30. The SMILES string of the molecule is COCCNC(=O)c1coc(CN(Cc2ccccc2F)CC2CC2)n1. The van der Waals surface area contributed by atoms with Gasteiger partial charge in [-0.3, -0.25) is 9.69 Å². The first-order valence-electron chi connectivity index (χ1n) is 8.83. The molecular formula is C19H24FN3O3. The second-order valence-electron chi connectivity index (χ2n) is 6.58. The first-order chi connectivity index (χ1) is 12.7. The predicted octanol–water partition coefficient (Wildman–Crippen LogP) is 2.60. The maximum atomic E-state index is 14.0. The first-order valence-corrected chi connectivity index (χ1v) is 8.83. The maximum Gasteiger partial charge on any atom is 0.273 e. The van der Waals surface area contributed by atoms with Gasteiger partial charge in [0, 0.05) is 32.3 Å². The normalized spacial score (nSPS) is 14.0. The number of rotatable bonds is 10. The molecule has 7 heteroatoms. The van der Waals surface area contributed by atoms with Gasteiger partial charge in [0.15, 0.2) is 5.69 Å². The predicted molar refractivity (Wildman–Crippen MR) is 94.0 cm³/mol. The zero-order chi connectivity index (χ0) is 18.4. The van der Waals surface area contributed by atoms with E-state index in [1.165, 1.54) is 25.2 Å². The van der Waals surface area contributed by atoms with E-state index in [0.717, 1.165) is 6.54 Å². The van der Waals surface area contributed by atoms with Crippen LogP contribution < -0.4 is 5.32 Å². The Morgan fingerprint density at radius 2 is 2.19 bits per heavy atom. The van der Waals surface area contributed by atoms with Crippen molar-refractivity contribution in [2.75, 3.05) is 26.8 Å². The molecule has 0 saturated heterocycles. The molecule has 0 atom stereocenters. The Morgan fingerprint density at radius 3 is 2.92 bits per heavy atom. The molecule has 140 valence electrons. The van der Waals surface area contributed by atoms with Crippen molar-refractivity contribution in [2.24, 2.45) is 5.92 Å². The van der Waals surface area contributed by atoms with Gasteiger partial charge in [-0.1, -0.05) is 18.2 Å². The number of oxazole rings is 1. The van der Waals surface area contributed by atoms with Gasteiger partial charge in [0.1, 0.15) is 12.1 Å². The van der Waals surface area contributed by atoms with Crippen LogP contribution in [-0.4, -0.2) is 42.6 Å². The molecule has 1 aliphatic rings. The van der Waals surface area contributed by atoms with Gasteiger partial charge >= 0.3 is 0 Å². The molecule has 0 radical (unpaired) electrons. The number of methoxy groups -OCH3 is 1. The molecule has 3 rings (SSSR count). The Bertz CT molecular complexity index is 730. The fourth-order valence-corrected chi connectivity index (χ4v) is 2.75. The lowest BCUT2D eigenvalue weighted by atomic mass is 10.2. The third kappa shape index (κ3) is 5.37. The van der Waals surface area contributed by atoms with Gasteiger partial charge in [-0.05, 0) is 24.8 Å². The minimum Gasteiger partial charge on any atom is -0.447 e. The summed E-state index contributed by atoms with van der Waals surface area (Å²) in [6.07, 6.45) is 3.76. The van der Waals surface area contributed by atoms with E-state index in [0.29, 0.717) is 43.6 Å². The van der Waals surface area contributed by atoms with Crippen molar-refractivity contribution in [3.63, 3.8) is 0 Å². The first kappa shape index (κ1) is 18.5. The second-order valence-corrected chi connectivity index (χ2v) is 6.58. The van der Waals surface area contributed by atoms with Crippen LogP contribution in [0.5, 0.6) is 0 Å². The van der Waals surface area contributed by atoms with Crippen LogP contribution in [0.2, 0.25) is 0 Å². The number of benzene rings is 1. The van der Waals surface area contributed by atoms with E-state index in [-0.39, 0.29) is 17.4 Å². The van der Waals surface area contributed by atoms with Gasteiger partial charge in [-0.25, -0.2) is 9.37 Å². The number of amides is 1. The molecule has 1 amide bonds. The number of hydrogen-bond donors (Lipinski definition) is 1. The molecule has 1 fully saturated rings. The van der Waals surface area contributed by atoms with Gasteiger partial charge in [0.2, 0.25) is 5.89 Å². The average molecular weight is 361 g/mol. The van der Waals surface area contributed by atoms with Crippen molar-refractivity contribution in [2.45, 2.75) is 25.9 Å². The molecule has 1 aromatic heterocycles. The molecule has 26 heavy (non-hydrogen) atoms. The van der Waals surface area contributed by atoms with E-state index in [1.807, 2.05) is 6.07 Å². The van der Waals surface area contributed by atoms with Crippen molar-refractivity contribution in [3.8, 4) is 0 Å². The van der Waals surface area contributed by atoms with E-state index in [2.05, 4.69) is 15.2 Å². The Kier molecular flexibility index (Phi) is 6.35. The second kappa shape index (κ2) is 8.91. The van der Waals surface area contributed by atoms with Gasteiger partial charge < -0.3 is 14.5 Å². The van der Waals surface area contributed by atoms with E-state index in [9.17, 15) is 9.18 Å². The minimum atomic E-state index is -0.292. The molecule has 1 aromatic carbocycles. The molecular weight excluding hydrogens is 337 g/mol. The van der Waals surface area contributed by atoms with Crippen LogP contribution in [0.15, 0.2) is 34.9 Å². The van der Waals surface area contributed by atoms with Crippen LogP contribution >= 0.6 is 0 Å². The summed E-state index contributed by atoms with van der Waals surface area (Å²) in [5.41, 5.74) is 0.894. The molecule has 1 N–H and O–H groups in total. The highest BCUT2D eigenvalue weighted by Crippen LogP contribution is 2.30. The zero-order valence-corrected chi connectivity index (χ0v) is 14.9. The van der Waals surface area contributed by atoms with E-state index < -0.39 is 0 Å². The summed E-state index contributed by atoms with van der Waals surface area (Å²) in [5.74, 6) is 0.603. The molecule has 6 nitrogen and oxygen atoms in total. The minimum absolute atomic E-state index is 0.209. The summed E-state index contributed by atoms with van der Waals surface area (Å²) in [4.78, 5) is 18.4. The molecule has 0 bridgehead atoms. The Labute approximate surface area is 152 Å². The summed E-state index contributed by atoms with van der Waals surface area (Å²) >= 11 is 0. The fraction of sp³-hybridized carbons (Fsp3) is 0.474. The van der Waals surface area contributed by atoms with Gasteiger partial charge in [0.25, 0.3) is 5.91 Å². The van der Waals surface area contributed by atoms with Crippen molar-refractivity contribution in [1.82, 2.24) is 15.2 Å². The maximum absolute atomic E-state index is 14.0. The lowest BCUT2D eigenvalue weighted by Gasteiger charge is -2.20. The van der Waals surface area contributed by atoms with Crippen LogP contribution in [-0.2, 0) is 17.8 Å². The molecule has 1 saturated carbocycles. The Hall–Kier alpha value is -2.25. The highest BCUT2D eigenvalue weighted by atomic mass is 19.1. The Balaban J connectivity index is 1.61. The van der Waals surface area contributed by atoms with E-state index in [1.54, 1.807) is 19.2 Å².